The van der Waals surface area contributed by atoms with Crippen molar-refractivity contribution in [1.29, 1.82) is 0 Å². The summed E-state index contributed by atoms with van der Waals surface area (Å²) in [4.78, 5) is 31.1. The zero-order valence-corrected chi connectivity index (χ0v) is 18.0. The highest BCUT2D eigenvalue weighted by Crippen LogP contribution is 2.44. The number of hydrogen-bond donors (Lipinski definition) is 2. The second-order valence-electron chi connectivity index (χ2n) is 8.08. The molecule has 4 aromatic rings. The molecule has 6 nitrogen and oxygen atoms in total. The molecule has 0 spiro atoms. The molecule has 3 heterocycles. The molecule has 32 heavy (non-hydrogen) atoms. The summed E-state index contributed by atoms with van der Waals surface area (Å²) in [6.07, 6.45) is 1.65. The molecule has 0 saturated carbocycles. The third-order valence-corrected chi connectivity index (χ3v) is 6.16. The number of fused-ring (bicyclic) bond motifs is 1. The number of H-pyrrole nitrogens is 1. The summed E-state index contributed by atoms with van der Waals surface area (Å²) >= 11 is 0. The predicted octanol–water partition coefficient (Wildman–Crippen LogP) is 5.31. The van der Waals surface area contributed by atoms with Gasteiger partial charge in [-0.1, -0.05) is 30.3 Å². The molecule has 1 atom stereocenters. The number of ketones is 1. The number of anilines is 1. The number of hydrogen-bond acceptors (Lipinski definition) is 4. The van der Waals surface area contributed by atoms with Crippen molar-refractivity contribution in [3.05, 3.63) is 94.6 Å². The molecule has 2 aromatic heterocycles. The van der Waals surface area contributed by atoms with E-state index in [0.717, 1.165) is 22.0 Å². The van der Waals surface area contributed by atoms with Crippen molar-refractivity contribution in [2.45, 2.75) is 26.8 Å². The molecule has 0 bridgehead atoms. The molecule has 0 aliphatic carbocycles. The third-order valence-electron chi connectivity index (χ3n) is 6.16. The van der Waals surface area contributed by atoms with Crippen LogP contribution in [0.5, 0.6) is 0 Å². The number of nitrogens with zero attached hydrogens (tertiary/aromatic N) is 1. The van der Waals surface area contributed by atoms with Gasteiger partial charge in [0.2, 0.25) is 0 Å². The number of carbonyl (C=O) groups excluding carboxylic acids is 2. The fourth-order valence-electron chi connectivity index (χ4n) is 4.36. The summed E-state index contributed by atoms with van der Waals surface area (Å²) in [7, 11) is 0. The van der Waals surface area contributed by atoms with Crippen LogP contribution in [0.3, 0.4) is 0 Å². The van der Waals surface area contributed by atoms with Gasteiger partial charge in [0.1, 0.15) is 23.3 Å². The summed E-state index contributed by atoms with van der Waals surface area (Å²) in [6.45, 7) is 5.66. The van der Waals surface area contributed by atoms with E-state index in [9.17, 15) is 14.7 Å². The largest absolute Gasteiger partial charge is 0.507 e. The maximum Gasteiger partial charge on any atom is 0.300 e. The Morgan fingerprint density at radius 2 is 1.78 bits per heavy atom. The van der Waals surface area contributed by atoms with Crippen LogP contribution in [0, 0.1) is 20.8 Å². The summed E-state index contributed by atoms with van der Waals surface area (Å²) in [6, 6.07) is 15.7. The highest BCUT2D eigenvalue weighted by Gasteiger charge is 2.49. The van der Waals surface area contributed by atoms with Crippen molar-refractivity contribution in [3.8, 4) is 0 Å². The van der Waals surface area contributed by atoms with Gasteiger partial charge in [-0.3, -0.25) is 14.5 Å². The zero-order valence-electron chi connectivity index (χ0n) is 18.0. The molecule has 6 heteroatoms. The highest BCUT2D eigenvalue weighted by molar-refractivity contribution is 6.51. The number of furan rings is 1. The molecule has 2 N–H and O–H groups in total. The van der Waals surface area contributed by atoms with E-state index in [1.807, 2.05) is 56.3 Å². The standard InChI is InChI=1S/C26H22N2O4/c1-14-7-6-10-20(16(14)3)28-23(21-12-11-15(2)32-21)22(25(30)26(28)31)24(29)18-13-27-19-9-5-4-8-17(18)19/h4-13,23,27,29H,1-3H3/b24-22-. The van der Waals surface area contributed by atoms with Crippen molar-refractivity contribution < 1.29 is 19.1 Å². The van der Waals surface area contributed by atoms with E-state index in [-0.39, 0.29) is 11.3 Å². The molecular formula is C26H22N2O4. The maximum atomic E-state index is 13.3. The second-order valence-corrected chi connectivity index (χ2v) is 8.08. The number of aromatic amines is 1. The Labute approximate surface area is 184 Å². The minimum absolute atomic E-state index is 0.00927. The van der Waals surface area contributed by atoms with Gasteiger partial charge in [-0.2, -0.15) is 0 Å². The maximum absolute atomic E-state index is 13.3. The second kappa shape index (κ2) is 7.27. The summed E-state index contributed by atoms with van der Waals surface area (Å²) in [5, 5.41) is 12.1. The van der Waals surface area contributed by atoms with Gasteiger partial charge in [-0.05, 0) is 56.2 Å². The Morgan fingerprint density at radius 3 is 2.53 bits per heavy atom. The van der Waals surface area contributed by atoms with E-state index in [1.165, 1.54) is 4.90 Å². The first-order valence-corrected chi connectivity index (χ1v) is 10.4. The number of amides is 1. The molecular weight excluding hydrogens is 404 g/mol. The monoisotopic (exact) mass is 426 g/mol. The van der Waals surface area contributed by atoms with Gasteiger partial charge in [0.25, 0.3) is 11.7 Å². The lowest BCUT2D eigenvalue weighted by Gasteiger charge is -2.25. The lowest BCUT2D eigenvalue weighted by molar-refractivity contribution is -0.132. The minimum atomic E-state index is -0.877. The average Bonchev–Trinajstić information content (AvgIpc) is 3.47. The molecule has 1 aliphatic rings. The summed E-state index contributed by atoms with van der Waals surface area (Å²) in [5.41, 5.74) is 3.79. The van der Waals surface area contributed by atoms with Crippen molar-refractivity contribution in [3.63, 3.8) is 0 Å². The number of benzene rings is 2. The van der Waals surface area contributed by atoms with Gasteiger partial charge in [-0.25, -0.2) is 0 Å². The van der Waals surface area contributed by atoms with Crippen LogP contribution in [0.25, 0.3) is 16.7 Å². The molecule has 1 fully saturated rings. The van der Waals surface area contributed by atoms with E-state index >= 15 is 0 Å². The first kappa shape index (κ1) is 19.9. The van der Waals surface area contributed by atoms with E-state index < -0.39 is 17.7 Å². The normalized spacial score (nSPS) is 18.1. The van der Waals surface area contributed by atoms with Gasteiger partial charge in [0, 0.05) is 28.4 Å². The van der Waals surface area contributed by atoms with Crippen LogP contribution in [-0.4, -0.2) is 21.8 Å². The fourth-order valence-corrected chi connectivity index (χ4v) is 4.36. The van der Waals surface area contributed by atoms with Crippen LogP contribution < -0.4 is 4.90 Å². The number of Topliss-reactive ketones (excluding diaryl/α,β-unsaturated/α-hetero) is 1. The quantitative estimate of drug-likeness (QED) is 0.264. The lowest BCUT2D eigenvalue weighted by Crippen LogP contribution is -2.30. The SMILES string of the molecule is Cc1ccc(C2/C(=C(/O)c3c[nH]c4ccccc34)C(=O)C(=O)N2c2cccc(C)c2C)o1. The molecule has 1 saturated heterocycles. The summed E-state index contributed by atoms with van der Waals surface area (Å²) < 4.78 is 5.87. The van der Waals surface area contributed by atoms with Gasteiger partial charge in [0.15, 0.2) is 0 Å². The van der Waals surface area contributed by atoms with Crippen LogP contribution in [0.4, 0.5) is 5.69 Å². The molecule has 1 amide bonds. The van der Waals surface area contributed by atoms with Crippen molar-refractivity contribution >= 4 is 34.0 Å². The van der Waals surface area contributed by atoms with Crippen LogP contribution in [0.1, 0.15) is 34.3 Å². The highest BCUT2D eigenvalue weighted by atomic mass is 16.3. The fraction of sp³-hybridized carbons (Fsp3) is 0.154. The van der Waals surface area contributed by atoms with E-state index in [4.69, 9.17) is 4.42 Å². The average molecular weight is 426 g/mol. The number of aromatic nitrogens is 1. The number of aliphatic hydroxyl groups is 1. The number of para-hydroxylation sites is 1. The Kier molecular flexibility index (Phi) is 4.51. The van der Waals surface area contributed by atoms with Gasteiger partial charge < -0.3 is 14.5 Å². The Hall–Kier alpha value is -4.06. The first-order chi connectivity index (χ1) is 15.4. The predicted molar refractivity (Wildman–Crippen MR) is 122 cm³/mol. The number of aryl methyl sites for hydroxylation is 2. The Balaban J connectivity index is 1.78. The Bertz CT molecular complexity index is 1420. The van der Waals surface area contributed by atoms with Gasteiger partial charge in [0.05, 0.1) is 5.57 Å². The van der Waals surface area contributed by atoms with Gasteiger partial charge in [-0.15, -0.1) is 0 Å². The topological polar surface area (TPSA) is 86.5 Å². The molecule has 1 aliphatic heterocycles. The van der Waals surface area contributed by atoms with E-state index in [0.29, 0.717) is 22.8 Å². The minimum Gasteiger partial charge on any atom is -0.507 e. The van der Waals surface area contributed by atoms with Crippen molar-refractivity contribution in [1.82, 2.24) is 4.98 Å². The third kappa shape index (κ3) is 2.87. The molecule has 0 radical (unpaired) electrons. The Morgan fingerprint density at radius 1 is 1.00 bits per heavy atom. The van der Waals surface area contributed by atoms with E-state index in [2.05, 4.69) is 4.98 Å². The molecule has 160 valence electrons. The molecule has 2 aromatic carbocycles. The van der Waals surface area contributed by atoms with Crippen LogP contribution in [0.15, 0.2) is 70.8 Å². The molecule has 1 unspecified atom stereocenters. The number of rotatable bonds is 3. The van der Waals surface area contributed by atoms with E-state index in [1.54, 1.807) is 25.3 Å². The lowest BCUT2D eigenvalue weighted by atomic mass is 9.98. The smallest absolute Gasteiger partial charge is 0.300 e. The number of nitrogens with one attached hydrogen (secondary N) is 1. The van der Waals surface area contributed by atoms with Gasteiger partial charge >= 0.3 is 0 Å². The number of aliphatic hydroxyl groups excluding tert-OH is 1. The first-order valence-electron chi connectivity index (χ1n) is 10.4. The zero-order chi connectivity index (χ0) is 22.6. The van der Waals surface area contributed by atoms with Crippen molar-refractivity contribution in [2.75, 3.05) is 4.90 Å². The number of carbonyl (C=O) groups is 2. The van der Waals surface area contributed by atoms with Crippen LogP contribution in [-0.2, 0) is 9.59 Å². The summed E-state index contributed by atoms with van der Waals surface area (Å²) in [5.74, 6) is -0.595. The van der Waals surface area contributed by atoms with Crippen LogP contribution in [0.2, 0.25) is 0 Å². The van der Waals surface area contributed by atoms with Crippen LogP contribution >= 0.6 is 0 Å². The van der Waals surface area contributed by atoms with Crippen molar-refractivity contribution in [2.24, 2.45) is 0 Å². The molecule has 5 rings (SSSR count).